The maximum Gasteiger partial charge on any atom is 0.389 e. The number of hydrogen-bond acceptors (Lipinski definition) is 3. The van der Waals surface area contributed by atoms with Crippen molar-refractivity contribution < 1.29 is 43.8 Å². The van der Waals surface area contributed by atoms with Crippen molar-refractivity contribution in [2.45, 2.75) is 83.8 Å². The molecular weight excluding hydrogens is 412 g/mol. The Labute approximate surface area is 164 Å². The zero-order valence-electron chi connectivity index (χ0n) is 17.0. The topological polar surface area (TPSA) is 57.2 Å². The van der Waals surface area contributed by atoms with Crippen LogP contribution in [0.2, 0.25) is 0 Å². The van der Waals surface area contributed by atoms with Crippen LogP contribution in [0.5, 0.6) is 0 Å². The fourth-order valence-electron chi connectivity index (χ4n) is 2.67. The first-order valence-corrected chi connectivity index (χ1v) is 10.9. The lowest BCUT2D eigenvalue weighted by atomic mass is 10.1. The van der Waals surface area contributed by atoms with Gasteiger partial charge < -0.3 is 9.04 Å². The van der Waals surface area contributed by atoms with E-state index in [-0.39, 0.29) is 25.7 Å². The molecule has 0 N–H and O–H groups in total. The third-order valence-electron chi connectivity index (χ3n) is 5.05. The SMILES string of the molecule is CC[N+](CC)(CC)CC.O=S(=O)([O-])C(F)(F)C(F)CCCCCCC(F)(F)F. The highest BCUT2D eigenvalue weighted by molar-refractivity contribution is 7.86. The van der Waals surface area contributed by atoms with Gasteiger partial charge in [-0.3, -0.25) is 0 Å². The van der Waals surface area contributed by atoms with E-state index in [0.29, 0.717) is 0 Å². The van der Waals surface area contributed by atoms with Crippen molar-refractivity contribution in [3.8, 4) is 0 Å². The number of rotatable bonds is 12. The minimum atomic E-state index is -6.08. The van der Waals surface area contributed by atoms with E-state index >= 15 is 0 Å². The van der Waals surface area contributed by atoms with Gasteiger partial charge in [0.05, 0.1) is 26.2 Å². The van der Waals surface area contributed by atoms with Gasteiger partial charge in [-0.1, -0.05) is 19.3 Å². The summed E-state index contributed by atoms with van der Waals surface area (Å²) < 4.78 is 105. The van der Waals surface area contributed by atoms with Gasteiger partial charge in [0.1, 0.15) is 0 Å². The maximum atomic E-state index is 12.9. The minimum Gasteiger partial charge on any atom is -0.743 e. The summed E-state index contributed by atoms with van der Waals surface area (Å²) in [5.74, 6) is 0. The van der Waals surface area contributed by atoms with Crippen LogP contribution in [0.15, 0.2) is 0 Å². The van der Waals surface area contributed by atoms with Crippen molar-refractivity contribution in [3.05, 3.63) is 0 Å². The molecule has 0 spiro atoms. The molecule has 0 aromatic rings. The Balaban J connectivity index is 0. The molecule has 28 heavy (non-hydrogen) atoms. The summed E-state index contributed by atoms with van der Waals surface area (Å²) in [6.07, 6.45) is -9.67. The van der Waals surface area contributed by atoms with Gasteiger partial charge >= 0.3 is 11.4 Å². The van der Waals surface area contributed by atoms with Crippen LogP contribution in [0.4, 0.5) is 26.3 Å². The first kappa shape index (κ1) is 29.6. The van der Waals surface area contributed by atoms with Gasteiger partial charge in [-0.05, 0) is 40.5 Å². The average Bonchev–Trinajstić information content (AvgIpc) is 2.59. The van der Waals surface area contributed by atoms with Crippen LogP contribution in [0.1, 0.15) is 66.2 Å². The van der Waals surface area contributed by atoms with E-state index in [0.717, 1.165) is 0 Å². The molecule has 0 aromatic carbocycles. The Morgan fingerprint density at radius 1 is 0.821 bits per heavy atom. The molecule has 172 valence electrons. The Morgan fingerprint density at radius 2 is 1.21 bits per heavy atom. The van der Waals surface area contributed by atoms with E-state index in [2.05, 4.69) is 27.7 Å². The maximum absolute atomic E-state index is 12.9. The summed E-state index contributed by atoms with van der Waals surface area (Å²) in [7, 11) is -6.08. The number of alkyl halides is 6. The highest BCUT2D eigenvalue weighted by Gasteiger charge is 2.46. The lowest BCUT2D eigenvalue weighted by Gasteiger charge is -2.34. The summed E-state index contributed by atoms with van der Waals surface area (Å²) in [5, 5.41) is -5.00. The summed E-state index contributed by atoms with van der Waals surface area (Å²) in [4.78, 5) is 0. The summed E-state index contributed by atoms with van der Waals surface area (Å²) in [5.41, 5.74) is 0. The third-order valence-corrected chi connectivity index (χ3v) is 5.97. The molecule has 4 nitrogen and oxygen atoms in total. The normalized spacial score (nSPS) is 14.4. The second kappa shape index (κ2) is 12.9. The summed E-state index contributed by atoms with van der Waals surface area (Å²) in [6.45, 7) is 14.2. The molecule has 11 heteroatoms. The van der Waals surface area contributed by atoms with Crippen molar-refractivity contribution in [3.63, 3.8) is 0 Å². The number of halogens is 6. The van der Waals surface area contributed by atoms with Crippen LogP contribution in [0.3, 0.4) is 0 Å². The van der Waals surface area contributed by atoms with E-state index in [4.69, 9.17) is 0 Å². The largest absolute Gasteiger partial charge is 0.743 e. The zero-order valence-corrected chi connectivity index (χ0v) is 17.8. The molecule has 0 radical (unpaired) electrons. The number of unbranched alkanes of at least 4 members (excludes halogenated alkanes) is 3. The lowest BCUT2D eigenvalue weighted by Crippen LogP contribution is -2.47. The second-order valence-corrected chi connectivity index (χ2v) is 8.11. The van der Waals surface area contributed by atoms with E-state index < -0.39 is 40.6 Å². The van der Waals surface area contributed by atoms with Gasteiger partial charge in [-0.25, -0.2) is 12.8 Å². The molecule has 0 heterocycles. The Bertz CT molecular complexity index is 490. The molecular formula is C17H33F6NO3S. The lowest BCUT2D eigenvalue weighted by molar-refractivity contribution is -0.921. The summed E-state index contributed by atoms with van der Waals surface area (Å²) >= 11 is 0. The Kier molecular flexibility index (Phi) is 13.7. The van der Waals surface area contributed by atoms with Crippen molar-refractivity contribution in [2.75, 3.05) is 26.2 Å². The van der Waals surface area contributed by atoms with Crippen LogP contribution in [0, 0.1) is 0 Å². The van der Waals surface area contributed by atoms with Crippen LogP contribution in [-0.4, -0.2) is 61.2 Å². The molecule has 0 aliphatic carbocycles. The van der Waals surface area contributed by atoms with Gasteiger partial charge in [0.2, 0.25) is 0 Å². The van der Waals surface area contributed by atoms with Crippen molar-refractivity contribution >= 4 is 10.1 Å². The molecule has 0 aromatic heterocycles. The van der Waals surface area contributed by atoms with Gasteiger partial charge in [-0.2, -0.15) is 22.0 Å². The van der Waals surface area contributed by atoms with Crippen LogP contribution < -0.4 is 0 Å². The second-order valence-electron chi connectivity index (χ2n) is 6.66. The molecule has 0 saturated heterocycles. The van der Waals surface area contributed by atoms with E-state index in [1.165, 1.54) is 30.7 Å². The molecule has 0 rings (SSSR count). The zero-order chi connectivity index (χ0) is 22.6. The molecule has 0 saturated carbocycles. The molecule has 0 amide bonds. The average molecular weight is 446 g/mol. The first-order chi connectivity index (χ1) is 12.6. The van der Waals surface area contributed by atoms with Gasteiger partial charge in [0.25, 0.3) is 0 Å². The fourth-order valence-corrected chi connectivity index (χ4v) is 3.10. The first-order valence-electron chi connectivity index (χ1n) is 9.51. The minimum absolute atomic E-state index is 0.0471. The molecule has 0 fully saturated rings. The third kappa shape index (κ3) is 11.5. The van der Waals surface area contributed by atoms with Crippen LogP contribution in [-0.2, 0) is 10.1 Å². The molecule has 1 atom stereocenters. The standard InChI is InChI=1S/C9H14F6O3S.C8H20N/c10-7(9(14,15)19(16,17)18)5-3-1-2-4-6-8(11,12)13;1-5-9(6-2,7-3)8-4/h7H,1-6H2,(H,16,17,18);5-8H2,1-4H3/q;+1/p-1. The number of hydrogen-bond donors (Lipinski definition) is 0. The predicted octanol–water partition coefficient (Wildman–Crippen LogP) is 5.25. The highest BCUT2D eigenvalue weighted by atomic mass is 32.2. The van der Waals surface area contributed by atoms with Gasteiger partial charge in [0.15, 0.2) is 16.3 Å². The van der Waals surface area contributed by atoms with Crippen molar-refractivity contribution in [1.82, 2.24) is 0 Å². The Hall–Kier alpha value is -0.550. The molecule has 0 bridgehead atoms. The van der Waals surface area contributed by atoms with E-state index in [1.807, 2.05) is 0 Å². The van der Waals surface area contributed by atoms with E-state index in [1.54, 1.807) is 0 Å². The van der Waals surface area contributed by atoms with Crippen LogP contribution >= 0.6 is 0 Å². The smallest absolute Gasteiger partial charge is 0.389 e. The Morgan fingerprint density at radius 3 is 1.50 bits per heavy atom. The van der Waals surface area contributed by atoms with Crippen molar-refractivity contribution in [1.29, 1.82) is 0 Å². The molecule has 1 unspecified atom stereocenters. The highest BCUT2D eigenvalue weighted by Crippen LogP contribution is 2.31. The van der Waals surface area contributed by atoms with Gasteiger partial charge in [-0.15, -0.1) is 0 Å². The predicted molar refractivity (Wildman–Crippen MR) is 95.7 cm³/mol. The molecule has 0 aliphatic rings. The number of quaternary nitrogens is 1. The van der Waals surface area contributed by atoms with Crippen LogP contribution in [0.25, 0.3) is 0 Å². The number of nitrogens with zero attached hydrogens (tertiary/aromatic N) is 1. The van der Waals surface area contributed by atoms with Crippen molar-refractivity contribution in [2.24, 2.45) is 0 Å². The fraction of sp³-hybridized carbons (Fsp3) is 1.00. The monoisotopic (exact) mass is 445 g/mol. The quantitative estimate of drug-likeness (QED) is 0.178. The van der Waals surface area contributed by atoms with Gasteiger partial charge in [0, 0.05) is 6.42 Å². The van der Waals surface area contributed by atoms with E-state index in [9.17, 15) is 39.3 Å². The summed E-state index contributed by atoms with van der Waals surface area (Å²) in [6, 6.07) is 0. The molecule has 0 aliphatic heterocycles.